The maximum absolute atomic E-state index is 5.67. The number of rotatable bonds is 8. The van der Waals surface area contributed by atoms with E-state index in [1.807, 2.05) is 74.0 Å². The topological polar surface area (TPSA) is 75.1 Å². The number of ether oxygens (including phenoxy) is 2. The molecule has 0 atom stereocenters. The Morgan fingerprint density at radius 2 is 1.70 bits per heavy atom. The molecule has 0 amide bonds. The molecule has 0 unspecified atom stereocenters. The molecule has 2 aromatic heterocycles. The maximum atomic E-state index is 5.67. The summed E-state index contributed by atoms with van der Waals surface area (Å²) in [5.41, 5.74) is 1.07. The average molecular weight is 447 g/mol. The molecule has 1 aliphatic rings. The highest BCUT2D eigenvalue weighted by atomic mass is 16.5. The molecule has 3 heterocycles. The van der Waals surface area contributed by atoms with E-state index in [2.05, 4.69) is 36.1 Å². The van der Waals surface area contributed by atoms with E-state index in [9.17, 15) is 0 Å². The van der Waals surface area contributed by atoms with Crippen molar-refractivity contribution in [1.82, 2.24) is 20.2 Å². The van der Waals surface area contributed by atoms with Crippen LogP contribution >= 0.6 is 0 Å². The quantitative estimate of drug-likeness (QED) is 0.324. The molecule has 0 radical (unpaired) electrons. The highest BCUT2D eigenvalue weighted by Crippen LogP contribution is 2.13. The Labute approximate surface area is 194 Å². The molecule has 1 N–H and O–H groups in total. The predicted molar refractivity (Wildman–Crippen MR) is 130 cm³/mol. The molecule has 1 fully saturated rings. The summed E-state index contributed by atoms with van der Waals surface area (Å²) in [6.07, 6.45) is 3.66. The lowest BCUT2D eigenvalue weighted by Gasteiger charge is -2.37. The van der Waals surface area contributed by atoms with E-state index in [4.69, 9.17) is 9.47 Å². The lowest BCUT2D eigenvalue weighted by atomic mass is 10.3. The van der Waals surface area contributed by atoms with Crippen molar-refractivity contribution in [3.05, 3.63) is 78.6 Å². The second-order valence-corrected chi connectivity index (χ2v) is 7.58. The van der Waals surface area contributed by atoms with Gasteiger partial charge >= 0.3 is 0 Å². The number of guanidine groups is 1. The molecule has 1 aromatic carbocycles. The molecule has 8 heteroatoms. The molecule has 172 valence electrons. The van der Waals surface area contributed by atoms with Crippen molar-refractivity contribution in [2.75, 3.05) is 51.3 Å². The van der Waals surface area contributed by atoms with Gasteiger partial charge in [-0.1, -0.05) is 30.3 Å². The van der Waals surface area contributed by atoms with Crippen LogP contribution < -0.4 is 19.7 Å². The molecular formula is C25H30N6O2. The minimum atomic E-state index is 0.441. The van der Waals surface area contributed by atoms with Crippen LogP contribution in [0.2, 0.25) is 0 Å². The van der Waals surface area contributed by atoms with Gasteiger partial charge in [-0.05, 0) is 29.8 Å². The molecule has 4 rings (SSSR count). The third kappa shape index (κ3) is 6.58. The number of pyridine rings is 2. The van der Waals surface area contributed by atoms with E-state index in [1.54, 1.807) is 0 Å². The summed E-state index contributed by atoms with van der Waals surface area (Å²) < 4.78 is 11.3. The van der Waals surface area contributed by atoms with Crippen LogP contribution in [0.3, 0.4) is 0 Å². The summed E-state index contributed by atoms with van der Waals surface area (Å²) in [7, 11) is 1.82. The van der Waals surface area contributed by atoms with Crippen LogP contribution in [-0.4, -0.2) is 67.3 Å². The van der Waals surface area contributed by atoms with E-state index in [0.29, 0.717) is 25.6 Å². The van der Waals surface area contributed by atoms with E-state index >= 15 is 0 Å². The monoisotopic (exact) mass is 446 g/mol. The van der Waals surface area contributed by atoms with Crippen molar-refractivity contribution >= 4 is 11.8 Å². The zero-order valence-electron chi connectivity index (χ0n) is 18.9. The zero-order valence-corrected chi connectivity index (χ0v) is 18.9. The first-order chi connectivity index (χ1) is 16.3. The largest absolute Gasteiger partial charge is 0.490 e. The first-order valence-electron chi connectivity index (χ1n) is 11.2. The third-order valence-corrected chi connectivity index (χ3v) is 5.36. The van der Waals surface area contributed by atoms with Crippen molar-refractivity contribution in [1.29, 1.82) is 0 Å². The fourth-order valence-corrected chi connectivity index (χ4v) is 3.62. The summed E-state index contributed by atoms with van der Waals surface area (Å²) in [5, 5.41) is 3.44. The van der Waals surface area contributed by atoms with Gasteiger partial charge in [-0.3, -0.25) is 4.99 Å². The number of hydrogen-bond donors (Lipinski definition) is 1. The summed E-state index contributed by atoms with van der Waals surface area (Å²) in [6.45, 7) is 5.18. The predicted octanol–water partition coefficient (Wildman–Crippen LogP) is 2.83. The number of benzene rings is 1. The van der Waals surface area contributed by atoms with Crippen molar-refractivity contribution < 1.29 is 9.47 Å². The molecule has 8 nitrogen and oxygen atoms in total. The fraction of sp³-hybridized carbons (Fsp3) is 0.320. The van der Waals surface area contributed by atoms with Gasteiger partial charge < -0.3 is 24.6 Å². The molecule has 0 spiro atoms. The third-order valence-electron chi connectivity index (χ3n) is 5.36. The van der Waals surface area contributed by atoms with Gasteiger partial charge in [0.05, 0.1) is 0 Å². The molecule has 1 saturated heterocycles. The first-order valence-corrected chi connectivity index (χ1v) is 11.2. The highest BCUT2D eigenvalue weighted by molar-refractivity contribution is 5.80. The zero-order chi connectivity index (χ0) is 22.7. The summed E-state index contributed by atoms with van der Waals surface area (Å²) in [4.78, 5) is 17.9. The Kier molecular flexibility index (Phi) is 7.94. The molecule has 1 aliphatic heterocycles. The number of anilines is 1. The number of aliphatic imine (C=N–C) groups is 1. The standard InChI is InChI=1S/C25H30N6O2/c1-26-25(31-15-13-30(14-16-31)23-9-5-6-12-27-23)29-20-21-10-11-24(28-19-21)33-18-17-32-22-7-3-2-4-8-22/h2-12,19H,13-18,20H2,1H3,(H,26,29). The van der Waals surface area contributed by atoms with Gasteiger partial charge in [0.15, 0.2) is 5.96 Å². The van der Waals surface area contributed by atoms with Crippen molar-refractivity contribution in [3.8, 4) is 11.6 Å². The molecular weight excluding hydrogens is 416 g/mol. The molecule has 3 aromatic rings. The van der Waals surface area contributed by atoms with Gasteiger partial charge in [-0.15, -0.1) is 0 Å². The van der Waals surface area contributed by atoms with Crippen LogP contribution in [0, 0.1) is 0 Å². The summed E-state index contributed by atoms with van der Waals surface area (Å²) in [5.74, 6) is 3.35. The first kappa shape index (κ1) is 22.4. The molecule has 0 bridgehead atoms. The van der Waals surface area contributed by atoms with Crippen LogP contribution in [0.5, 0.6) is 11.6 Å². The number of piperazine rings is 1. The van der Waals surface area contributed by atoms with Crippen LogP contribution in [0.15, 0.2) is 78.0 Å². The molecule has 0 saturated carbocycles. The Balaban J connectivity index is 1.18. The van der Waals surface area contributed by atoms with Crippen LogP contribution in [0.4, 0.5) is 5.82 Å². The minimum Gasteiger partial charge on any atom is -0.490 e. The van der Waals surface area contributed by atoms with E-state index in [1.165, 1.54) is 0 Å². The minimum absolute atomic E-state index is 0.441. The van der Waals surface area contributed by atoms with E-state index in [0.717, 1.165) is 49.3 Å². The van der Waals surface area contributed by atoms with Gasteiger partial charge in [0, 0.05) is 58.2 Å². The maximum Gasteiger partial charge on any atom is 0.213 e. The van der Waals surface area contributed by atoms with Crippen LogP contribution in [0.1, 0.15) is 5.56 Å². The van der Waals surface area contributed by atoms with Crippen molar-refractivity contribution in [3.63, 3.8) is 0 Å². The Hall–Kier alpha value is -3.81. The number of para-hydroxylation sites is 1. The summed E-state index contributed by atoms with van der Waals surface area (Å²) >= 11 is 0. The molecule has 0 aliphatic carbocycles. The number of aromatic nitrogens is 2. The fourth-order valence-electron chi connectivity index (χ4n) is 3.62. The second-order valence-electron chi connectivity index (χ2n) is 7.58. The Morgan fingerprint density at radius 3 is 2.39 bits per heavy atom. The number of nitrogens with one attached hydrogen (secondary N) is 1. The lowest BCUT2D eigenvalue weighted by Crippen LogP contribution is -2.52. The van der Waals surface area contributed by atoms with Crippen LogP contribution in [0.25, 0.3) is 0 Å². The highest BCUT2D eigenvalue weighted by Gasteiger charge is 2.20. The van der Waals surface area contributed by atoms with Crippen molar-refractivity contribution in [2.45, 2.75) is 6.54 Å². The summed E-state index contributed by atoms with van der Waals surface area (Å²) in [6, 6.07) is 19.6. The Bertz CT molecular complexity index is 990. The average Bonchev–Trinajstić information content (AvgIpc) is 2.89. The van der Waals surface area contributed by atoms with E-state index < -0.39 is 0 Å². The van der Waals surface area contributed by atoms with Gasteiger partial charge in [0.2, 0.25) is 5.88 Å². The van der Waals surface area contributed by atoms with Crippen LogP contribution in [-0.2, 0) is 6.54 Å². The smallest absolute Gasteiger partial charge is 0.213 e. The van der Waals surface area contributed by atoms with Gasteiger partial charge in [0.25, 0.3) is 0 Å². The van der Waals surface area contributed by atoms with Crippen molar-refractivity contribution in [2.24, 2.45) is 4.99 Å². The van der Waals surface area contributed by atoms with Gasteiger partial charge in [-0.2, -0.15) is 0 Å². The van der Waals surface area contributed by atoms with Gasteiger partial charge in [0.1, 0.15) is 24.8 Å². The lowest BCUT2D eigenvalue weighted by molar-refractivity contribution is 0.212. The van der Waals surface area contributed by atoms with Gasteiger partial charge in [-0.25, -0.2) is 9.97 Å². The second kappa shape index (κ2) is 11.7. The SMILES string of the molecule is CN=C(NCc1ccc(OCCOc2ccccc2)nc1)N1CCN(c2ccccn2)CC1. The Morgan fingerprint density at radius 1 is 0.909 bits per heavy atom. The normalized spacial score (nSPS) is 14.2. The number of nitrogens with zero attached hydrogens (tertiary/aromatic N) is 5. The number of hydrogen-bond acceptors (Lipinski definition) is 6. The van der Waals surface area contributed by atoms with E-state index in [-0.39, 0.29) is 0 Å². The molecule has 33 heavy (non-hydrogen) atoms.